The van der Waals surface area contributed by atoms with Gasteiger partial charge in [0.05, 0.1) is 36.1 Å². The Kier molecular flexibility index (Phi) is 9.97. The molecule has 1 N–H and O–H groups in total. The molecule has 232 valence electrons. The summed E-state index contributed by atoms with van der Waals surface area (Å²) in [6.07, 6.45) is 1.86. The summed E-state index contributed by atoms with van der Waals surface area (Å²) in [5, 5.41) is 3.64. The Morgan fingerprint density at radius 2 is 1.74 bits per heavy atom. The van der Waals surface area contributed by atoms with Crippen LogP contribution in [0.3, 0.4) is 0 Å². The maximum Gasteiger partial charge on any atom is 0.271 e. The molecule has 0 saturated heterocycles. The Bertz CT molecular complexity index is 2160. The van der Waals surface area contributed by atoms with Crippen molar-refractivity contribution in [3.05, 3.63) is 151 Å². The first kappa shape index (κ1) is 32.5. The Hall–Kier alpha value is -3.46. The number of benzene rings is 4. The normalized spacial score (nSPS) is 14.5. The van der Waals surface area contributed by atoms with E-state index in [-0.39, 0.29) is 11.5 Å². The number of nitrogens with zero attached hydrogens (tertiary/aromatic N) is 2. The zero-order valence-corrected chi connectivity index (χ0v) is 30.5. The number of carbonyl (C=O) groups excluding carboxylic acids is 1. The van der Waals surface area contributed by atoms with Crippen molar-refractivity contribution in [3.63, 3.8) is 0 Å². The molecule has 0 aliphatic carbocycles. The minimum absolute atomic E-state index is 0.238. The number of nitrogens with one attached hydrogen (secondary N) is 1. The SMILES string of the molecule is COc1cccc([C@H]2C(C(=O)Nc3ccccc3)=C(C)N=c3s/c(=C\c4cc(I)c(OCc5ccccc5Cl)c(I)c4)c(=O)n32)c1. The van der Waals surface area contributed by atoms with E-state index in [1.165, 1.54) is 11.3 Å². The molecule has 1 aromatic heterocycles. The summed E-state index contributed by atoms with van der Waals surface area (Å²) in [4.78, 5) is 33.2. The number of halogens is 3. The summed E-state index contributed by atoms with van der Waals surface area (Å²) >= 11 is 12.1. The van der Waals surface area contributed by atoms with Gasteiger partial charge in [-0.15, -0.1) is 0 Å². The van der Waals surface area contributed by atoms with Crippen LogP contribution in [0.5, 0.6) is 11.5 Å². The first-order valence-corrected chi connectivity index (χ1v) is 17.5. The molecule has 0 spiro atoms. The van der Waals surface area contributed by atoms with Crippen LogP contribution in [0, 0.1) is 7.14 Å². The number of para-hydroxylation sites is 1. The zero-order valence-electron chi connectivity index (χ0n) is 24.6. The molecule has 5 aromatic rings. The molecule has 0 saturated carbocycles. The van der Waals surface area contributed by atoms with Crippen LogP contribution in [-0.4, -0.2) is 17.6 Å². The third-order valence-corrected chi connectivity index (χ3v) is 10.3. The fraction of sp³-hybridized carbons (Fsp3) is 0.114. The molecule has 7 nitrogen and oxygen atoms in total. The van der Waals surface area contributed by atoms with Gasteiger partial charge in [-0.05, 0) is 112 Å². The lowest BCUT2D eigenvalue weighted by Crippen LogP contribution is -2.40. The number of methoxy groups -OCH3 is 1. The summed E-state index contributed by atoms with van der Waals surface area (Å²) in [6, 6.07) is 27.5. The number of rotatable bonds is 8. The smallest absolute Gasteiger partial charge is 0.271 e. The second-order valence-electron chi connectivity index (χ2n) is 10.4. The predicted octanol–water partition coefficient (Wildman–Crippen LogP) is 7.32. The standard InChI is InChI=1S/C35H26ClI2N3O4S/c1-20-30(33(42)40-24-11-4-3-5-12-24)31(22-10-8-13-25(18-22)44-2)41-34(43)29(46-35(41)39-20)17-21-15-27(37)32(28(38)16-21)45-19-23-9-6-7-14-26(23)36/h3-18,31H,19H2,1-2H3,(H,40,42)/b29-17-/t31-/m0/s1. The van der Waals surface area contributed by atoms with Crippen molar-refractivity contribution in [2.24, 2.45) is 4.99 Å². The molecule has 1 atom stereocenters. The number of carbonyl (C=O) groups is 1. The van der Waals surface area contributed by atoms with Gasteiger partial charge in [-0.1, -0.05) is 71.5 Å². The van der Waals surface area contributed by atoms with E-state index in [0.29, 0.717) is 43.7 Å². The molecule has 4 aromatic carbocycles. The minimum Gasteiger partial charge on any atom is -0.497 e. The molecular formula is C35H26ClI2N3O4S. The Morgan fingerprint density at radius 1 is 1.02 bits per heavy atom. The van der Waals surface area contributed by atoms with Crippen LogP contribution in [0.15, 0.2) is 112 Å². The van der Waals surface area contributed by atoms with E-state index in [1.54, 1.807) is 18.6 Å². The van der Waals surface area contributed by atoms with Gasteiger partial charge in [-0.3, -0.25) is 14.2 Å². The van der Waals surface area contributed by atoms with Crippen molar-refractivity contribution in [2.45, 2.75) is 19.6 Å². The van der Waals surface area contributed by atoms with E-state index in [4.69, 9.17) is 26.1 Å². The average molecular weight is 874 g/mol. The highest BCUT2D eigenvalue weighted by atomic mass is 127. The van der Waals surface area contributed by atoms with Crippen molar-refractivity contribution < 1.29 is 14.3 Å². The third-order valence-electron chi connectivity index (χ3n) is 7.36. The molecule has 46 heavy (non-hydrogen) atoms. The monoisotopic (exact) mass is 873 g/mol. The predicted molar refractivity (Wildman–Crippen MR) is 199 cm³/mol. The van der Waals surface area contributed by atoms with E-state index in [1.807, 2.05) is 97.1 Å². The van der Waals surface area contributed by atoms with Crippen molar-refractivity contribution in [3.8, 4) is 11.5 Å². The van der Waals surface area contributed by atoms with E-state index in [0.717, 1.165) is 29.6 Å². The van der Waals surface area contributed by atoms with Gasteiger partial charge in [0.1, 0.15) is 18.1 Å². The van der Waals surface area contributed by atoms with Crippen LogP contribution >= 0.6 is 68.1 Å². The lowest BCUT2D eigenvalue weighted by Gasteiger charge is -2.25. The fourth-order valence-corrected chi connectivity index (χ4v) is 8.54. The van der Waals surface area contributed by atoms with Gasteiger partial charge < -0.3 is 14.8 Å². The van der Waals surface area contributed by atoms with Crippen molar-refractivity contribution in [1.82, 2.24) is 4.57 Å². The number of thiazole rings is 1. The van der Waals surface area contributed by atoms with E-state index in [2.05, 4.69) is 50.5 Å². The topological polar surface area (TPSA) is 81.9 Å². The van der Waals surface area contributed by atoms with Gasteiger partial charge in [-0.25, -0.2) is 4.99 Å². The summed E-state index contributed by atoms with van der Waals surface area (Å²) in [6.45, 7) is 2.14. The number of fused-ring (bicyclic) bond motifs is 1. The van der Waals surface area contributed by atoms with Gasteiger partial charge in [-0.2, -0.15) is 0 Å². The second kappa shape index (κ2) is 14.1. The maximum absolute atomic E-state index is 14.2. The quantitative estimate of drug-likeness (QED) is 0.166. The van der Waals surface area contributed by atoms with E-state index < -0.39 is 6.04 Å². The molecular weight excluding hydrogens is 848 g/mol. The number of allylic oxidation sites excluding steroid dienone is 1. The van der Waals surface area contributed by atoms with Crippen LogP contribution in [0.25, 0.3) is 6.08 Å². The number of aromatic nitrogens is 1. The molecule has 0 unspecified atom stereocenters. The first-order valence-electron chi connectivity index (χ1n) is 14.1. The zero-order chi connectivity index (χ0) is 32.4. The van der Waals surface area contributed by atoms with Gasteiger partial charge in [0.25, 0.3) is 11.5 Å². The number of hydrogen-bond acceptors (Lipinski definition) is 6. The number of ether oxygens (including phenoxy) is 2. The molecule has 6 rings (SSSR count). The highest BCUT2D eigenvalue weighted by Gasteiger charge is 2.32. The van der Waals surface area contributed by atoms with Crippen LogP contribution in [0.1, 0.15) is 29.7 Å². The summed E-state index contributed by atoms with van der Waals surface area (Å²) in [5.74, 6) is 1.05. The molecule has 1 amide bonds. The second-order valence-corrected chi connectivity index (χ2v) is 14.1. The molecule has 1 aliphatic heterocycles. The lowest BCUT2D eigenvalue weighted by molar-refractivity contribution is -0.113. The van der Waals surface area contributed by atoms with Crippen molar-refractivity contribution in [2.75, 3.05) is 12.4 Å². The third kappa shape index (κ3) is 6.80. The van der Waals surface area contributed by atoms with E-state index >= 15 is 0 Å². The molecule has 11 heteroatoms. The largest absolute Gasteiger partial charge is 0.497 e. The maximum atomic E-state index is 14.2. The summed E-state index contributed by atoms with van der Waals surface area (Å²) in [7, 11) is 1.59. The average Bonchev–Trinajstić information content (AvgIpc) is 3.34. The molecule has 0 radical (unpaired) electrons. The summed E-state index contributed by atoms with van der Waals surface area (Å²) in [5.41, 5.74) is 3.83. The highest BCUT2D eigenvalue weighted by molar-refractivity contribution is 14.1. The molecule has 2 heterocycles. The fourth-order valence-electron chi connectivity index (χ4n) is 5.18. The van der Waals surface area contributed by atoms with Gasteiger partial charge in [0, 0.05) is 16.3 Å². The Labute approximate surface area is 301 Å². The van der Waals surface area contributed by atoms with Crippen molar-refractivity contribution >= 4 is 85.8 Å². The lowest BCUT2D eigenvalue weighted by atomic mass is 9.95. The van der Waals surface area contributed by atoms with Crippen LogP contribution in [0.2, 0.25) is 5.02 Å². The van der Waals surface area contributed by atoms with Gasteiger partial charge in [0.2, 0.25) is 0 Å². The number of hydrogen-bond donors (Lipinski definition) is 1. The number of anilines is 1. The molecule has 1 aliphatic rings. The van der Waals surface area contributed by atoms with Crippen LogP contribution < -0.4 is 29.7 Å². The first-order chi connectivity index (χ1) is 22.2. The van der Waals surface area contributed by atoms with Gasteiger partial charge >= 0.3 is 0 Å². The van der Waals surface area contributed by atoms with Crippen LogP contribution in [0.4, 0.5) is 5.69 Å². The van der Waals surface area contributed by atoms with Gasteiger partial charge in [0.15, 0.2) is 4.80 Å². The Balaban J connectivity index is 1.40. The molecule has 0 bridgehead atoms. The Morgan fingerprint density at radius 3 is 2.46 bits per heavy atom. The highest BCUT2D eigenvalue weighted by Crippen LogP contribution is 2.33. The van der Waals surface area contributed by atoms with Crippen molar-refractivity contribution in [1.29, 1.82) is 0 Å². The summed E-state index contributed by atoms with van der Waals surface area (Å²) < 4.78 is 15.6. The van der Waals surface area contributed by atoms with Crippen LogP contribution in [-0.2, 0) is 11.4 Å². The van der Waals surface area contributed by atoms with E-state index in [9.17, 15) is 9.59 Å². The minimum atomic E-state index is -0.710. The number of amides is 1. The molecule has 0 fully saturated rings.